The topological polar surface area (TPSA) is 20.2 Å². The molecular formula is C9H20O. The Balaban J connectivity index is 3.26. The van der Waals surface area contributed by atoms with Crippen LogP contribution in [0.3, 0.4) is 0 Å². The Bertz CT molecular complexity index is 65.1. The van der Waals surface area contributed by atoms with Gasteiger partial charge in [-0.2, -0.15) is 0 Å². The number of hydrogen-bond acceptors (Lipinski definition) is 1. The summed E-state index contributed by atoms with van der Waals surface area (Å²) in [7, 11) is 0. The van der Waals surface area contributed by atoms with E-state index in [1.807, 2.05) is 6.92 Å². The Hall–Kier alpha value is -0.0400. The Morgan fingerprint density at radius 1 is 1.10 bits per heavy atom. The highest BCUT2D eigenvalue weighted by molar-refractivity contribution is 4.57. The highest BCUT2D eigenvalue weighted by Gasteiger charge is 2.04. The lowest BCUT2D eigenvalue weighted by molar-refractivity contribution is 0.172. The normalized spacial score (nSPS) is 14.1. The molecule has 0 aromatic heterocycles. The predicted molar refractivity (Wildman–Crippen MR) is 45.0 cm³/mol. The summed E-state index contributed by atoms with van der Waals surface area (Å²) < 4.78 is 0. The van der Waals surface area contributed by atoms with Gasteiger partial charge in [0.05, 0.1) is 6.10 Å². The monoisotopic (exact) mass is 144 g/mol. The summed E-state index contributed by atoms with van der Waals surface area (Å²) >= 11 is 0. The molecule has 0 bridgehead atoms. The van der Waals surface area contributed by atoms with Gasteiger partial charge >= 0.3 is 0 Å². The third-order valence-corrected chi connectivity index (χ3v) is 2.15. The quantitative estimate of drug-likeness (QED) is 0.628. The van der Waals surface area contributed by atoms with Crippen molar-refractivity contribution in [3.05, 3.63) is 0 Å². The van der Waals surface area contributed by atoms with Crippen LogP contribution in [0, 0.1) is 5.92 Å². The van der Waals surface area contributed by atoms with Crippen LogP contribution >= 0.6 is 0 Å². The van der Waals surface area contributed by atoms with Gasteiger partial charge in [-0.25, -0.2) is 0 Å². The van der Waals surface area contributed by atoms with Crippen molar-refractivity contribution in [1.82, 2.24) is 0 Å². The van der Waals surface area contributed by atoms with E-state index in [9.17, 15) is 0 Å². The largest absolute Gasteiger partial charge is 0.393 e. The molecule has 0 heterocycles. The lowest BCUT2D eigenvalue weighted by Gasteiger charge is -2.12. The van der Waals surface area contributed by atoms with E-state index in [0.29, 0.717) is 0 Å². The molecule has 0 radical (unpaired) electrons. The lowest BCUT2D eigenvalue weighted by atomic mass is 9.96. The van der Waals surface area contributed by atoms with Crippen LogP contribution in [0.5, 0.6) is 0 Å². The van der Waals surface area contributed by atoms with Gasteiger partial charge in [-0.1, -0.05) is 26.7 Å². The molecule has 0 saturated carbocycles. The highest BCUT2D eigenvalue weighted by atomic mass is 16.3. The van der Waals surface area contributed by atoms with E-state index in [1.165, 1.54) is 19.3 Å². The molecule has 0 aliphatic rings. The van der Waals surface area contributed by atoms with Crippen molar-refractivity contribution in [3.63, 3.8) is 0 Å². The van der Waals surface area contributed by atoms with Crippen LogP contribution in [-0.2, 0) is 0 Å². The van der Waals surface area contributed by atoms with E-state index < -0.39 is 0 Å². The Labute approximate surface area is 64.5 Å². The predicted octanol–water partition coefficient (Wildman–Crippen LogP) is 2.58. The summed E-state index contributed by atoms with van der Waals surface area (Å²) in [6, 6.07) is 0. The first-order valence-electron chi connectivity index (χ1n) is 4.38. The SMILES string of the molecule is CCC(CC)CC[C@H](C)O. The van der Waals surface area contributed by atoms with Gasteiger partial charge in [0.15, 0.2) is 0 Å². The van der Waals surface area contributed by atoms with Crippen LogP contribution in [0.15, 0.2) is 0 Å². The second-order valence-corrected chi connectivity index (χ2v) is 3.11. The minimum absolute atomic E-state index is 0.111. The fraction of sp³-hybridized carbons (Fsp3) is 1.00. The molecule has 1 heteroatoms. The third kappa shape index (κ3) is 4.80. The zero-order valence-electron chi connectivity index (χ0n) is 7.43. The summed E-state index contributed by atoms with van der Waals surface area (Å²) in [4.78, 5) is 0. The summed E-state index contributed by atoms with van der Waals surface area (Å²) in [6.07, 6.45) is 4.55. The molecule has 0 aromatic rings. The maximum Gasteiger partial charge on any atom is 0.0512 e. The van der Waals surface area contributed by atoms with E-state index in [-0.39, 0.29) is 6.10 Å². The van der Waals surface area contributed by atoms with Crippen molar-refractivity contribution < 1.29 is 5.11 Å². The molecule has 0 amide bonds. The fourth-order valence-corrected chi connectivity index (χ4v) is 1.17. The summed E-state index contributed by atoms with van der Waals surface area (Å²) in [5.74, 6) is 0.828. The summed E-state index contributed by atoms with van der Waals surface area (Å²) in [5, 5.41) is 8.99. The minimum Gasteiger partial charge on any atom is -0.393 e. The Kier molecular flexibility index (Phi) is 5.70. The van der Waals surface area contributed by atoms with Crippen LogP contribution in [-0.4, -0.2) is 11.2 Å². The van der Waals surface area contributed by atoms with E-state index in [2.05, 4.69) is 13.8 Å². The molecular weight excluding hydrogens is 124 g/mol. The standard InChI is InChI=1S/C9H20O/c1-4-9(5-2)7-6-8(3)10/h8-10H,4-7H2,1-3H3/t8-/m0/s1. The molecule has 62 valence electrons. The molecule has 0 aliphatic heterocycles. The molecule has 0 fully saturated rings. The Morgan fingerprint density at radius 2 is 1.60 bits per heavy atom. The average molecular weight is 144 g/mol. The number of aliphatic hydroxyl groups excluding tert-OH is 1. The van der Waals surface area contributed by atoms with E-state index in [1.54, 1.807) is 0 Å². The summed E-state index contributed by atoms with van der Waals surface area (Å²) in [5.41, 5.74) is 0. The average Bonchev–Trinajstić information content (AvgIpc) is 1.90. The zero-order valence-corrected chi connectivity index (χ0v) is 7.43. The van der Waals surface area contributed by atoms with Crippen LogP contribution in [0.4, 0.5) is 0 Å². The fourth-order valence-electron chi connectivity index (χ4n) is 1.17. The third-order valence-electron chi connectivity index (χ3n) is 2.15. The van der Waals surface area contributed by atoms with Crippen LogP contribution in [0.25, 0.3) is 0 Å². The van der Waals surface area contributed by atoms with Crippen LogP contribution in [0.2, 0.25) is 0 Å². The van der Waals surface area contributed by atoms with Gasteiger partial charge in [-0.15, -0.1) is 0 Å². The number of hydrogen-bond donors (Lipinski definition) is 1. The van der Waals surface area contributed by atoms with Crippen molar-refractivity contribution in [2.75, 3.05) is 0 Å². The van der Waals surface area contributed by atoms with E-state index in [4.69, 9.17) is 5.11 Å². The first-order chi connectivity index (χ1) is 4.70. The molecule has 0 saturated heterocycles. The smallest absolute Gasteiger partial charge is 0.0512 e. The molecule has 0 unspecified atom stereocenters. The first kappa shape index (κ1) is 9.96. The number of aliphatic hydroxyl groups is 1. The van der Waals surface area contributed by atoms with Gasteiger partial charge in [-0.05, 0) is 25.7 Å². The van der Waals surface area contributed by atoms with Gasteiger partial charge in [-0.3, -0.25) is 0 Å². The molecule has 0 spiro atoms. The zero-order chi connectivity index (χ0) is 7.98. The lowest BCUT2D eigenvalue weighted by Crippen LogP contribution is -2.04. The van der Waals surface area contributed by atoms with Gasteiger partial charge in [0, 0.05) is 0 Å². The molecule has 1 N–H and O–H groups in total. The van der Waals surface area contributed by atoms with Crippen molar-refractivity contribution >= 4 is 0 Å². The van der Waals surface area contributed by atoms with Gasteiger partial charge in [0.1, 0.15) is 0 Å². The van der Waals surface area contributed by atoms with Gasteiger partial charge in [0.25, 0.3) is 0 Å². The molecule has 10 heavy (non-hydrogen) atoms. The molecule has 1 atom stereocenters. The van der Waals surface area contributed by atoms with Gasteiger partial charge in [0.2, 0.25) is 0 Å². The maximum atomic E-state index is 8.99. The van der Waals surface area contributed by atoms with Crippen LogP contribution < -0.4 is 0 Å². The first-order valence-corrected chi connectivity index (χ1v) is 4.38. The van der Waals surface area contributed by atoms with Crippen molar-refractivity contribution in [1.29, 1.82) is 0 Å². The second kappa shape index (κ2) is 5.72. The maximum absolute atomic E-state index is 8.99. The molecule has 0 rings (SSSR count). The summed E-state index contributed by atoms with van der Waals surface area (Å²) in [6.45, 7) is 6.30. The van der Waals surface area contributed by atoms with Crippen molar-refractivity contribution in [2.24, 2.45) is 5.92 Å². The molecule has 1 nitrogen and oxygen atoms in total. The minimum atomic E-state index is -0.111. The van der Waals surface area contributed by atoms with Crippen molar-refractivity contribution in [3.8, 4) is 0 Å². The molecule has 0 aliphatic carbocycles. The number of rotatable bonds is 5. The van der Waals surface area contributed by atoms with Crippen LogP contribution in [0.1, 0.15) is 46.5 Å². The van der Waals surface area contributed by atoms with E-state index >= 15 is 0 Å². The molecule has 0 aromatic carbocycles. The van der Waals surface area contributed by atoms with Crippen molar-refractivity contribution in [2.45, 2.75) is 52.6 Å². The Morgan fingerprint density at radius 3 is 1.90 bits per heavy atom. The highest BCUT2D eigenvalue weighted by Crippen LogP contribution is 2.15. The van der Waals surface area contributed by atoms with E-state index in [0.717, 1.165) is 12.3 Å². The second-order valence-electron chi connectivity index (χ2n) is 3.11. The van der Waals surface area contributed by atoms with Gasteiger partial charge < -0.3 is 5.11 Å².